The highest BCUT2D eigenvalue weighted by atomic mass is 32.2. The third-order valence-electron chi connectivity index (χ3n) is 4.90. The maximum atomic E-state index is 14.4. The van der Waals surface area contributed by atoms with Crippen molar-refractivity contribution in [3.63, 3.8) is 0 Å². The van der Waals surface area contributed by atoms with Gasteiger partial charge in [0.15, 0.2) is 5.82 Å². The standard InChI is InChI=1S/C21H18FN5O5S/c1-26(12-13-6-8-23-9-7-13)33(31,32)19-10-14(17(28)11-18(19)29)20-24-25-21(30)27(20)16-5-3-2-4-15(16)22/h2-11,28-29H,12H2,1H3,(H,25,30). The summed E-state index contributed by atoms with van der Waals surface area (Å²) in [4.78, 5) is 3.37. The Morgan fingerprint density at radius 1 is 1.00 bits per heavy atom. The lowest BCUT2D eigenvalue weighted by Gasteiger charge is -2.19. The fraction of sp³-hybridized carbons (Fsp3) is 0.0952. The maximum absolute atomic E-state index is 14.4. The van der Waals surface area contributed by atoms with Crippen LogP contribution in [0, 0.1) is 5.82 Å². The van der Waals surface area contributed by atoms with Gasteiger partial charge in [0.2, 0.25) is 10.0 Å². The van der Waals surface area contributed by atoms with Crippen molar-refractivity contribution < 1.29 is 28.1 Å². The van der Waals surface area contributed by atoms with Crippen molar-refractivity contribution in [1.29, 1.82) is 0 Å². The minimum absolute atomic E-state index is 0.00724. The second kappa shape index (κ2) is 8.48. The predicted octanol–water partition coefficient (Wildman–Crippen LogP) is 2.41. The number of aromatic nitrogens is 4. The van der Waals surface area contributed by atoms with E-state index in [0.29, 0.717) is 5.56 Å². The van der Waals surface area contributed by atoms with Crippen molar-refractivity contribution in [2.24, 2.45) is 0 Å². The molecule has 2 heterocycles. The van der Waals surface area contributed by atoms with Gasteiger partial charge in [0.25, 0.3) is 0 Å². The van der Waals surface area contributed by atoms with Gasteiger partial charge in [-0.3, -0.25) is 4.98 Å². The van der Waals surface area contributed by atoms with Crippen LogP contribution in [0.5, 0.6) is 17.5 Å². The minimum Gasteiger partial charge on any atom is -0.507 e. The summed E-state index contributed by atoms with van der Waals surface area (Å²) in [7, 11) is -2.91. The highest BCUT2D eigenvalue weighted by Crippen LogP contribution is 2.39. The van der Waals surface area contributed by atoms with Crippen LogP contribution >= 0.6 is 0 Å². The van der Waals surface area contributed by atoms with E-state index in [9.17, 15) is 28.1 Å². The predicted molar refractivity (Wildman–Crippen MR) is 115 cm³/mol. The second-order valence-electron chi connectivity index (χ2n) is 7.06. The van der Waals surface area contributed by atoms with E-state index >= 15 is 0 Å². The van der Waals surface area contributed by atoms with Crippen molar-refractivity contribution in [3.8, 4) is 34.6 Å². The van der Waals surface area contributed by atoms with Gasteiger partial charge in [-0.25, -0.2) is 17.4 Å². The zero-order valence-corrected chi connectivity index (χ0v) is 18.0. The van der Waals surface area contributed by atoms with E-state index in [2.05, 4.69) is 15.2 Å². The number of hydrogen-bond acceptors (Lipinski definition) is 8. The van der Waals surface area contributed by atoms with Crippen LogP contribution in [0.15, 0.2) is 65.8 Å². The number of halogens is 1. The van der Waals surface area contributed by atoms with Gasteiger partial charge < -0.3 is 15.3 Å². The van der Waals surface area contributed by atoms with Crippen molar-refractivity contribution in [3.05, 3.63) is 72.3 Å². The van der Waals surface area contributed by atoms with Gasteiger partial charge in [-0.15, -0.1) is 5.10 Å². The molecule has 3 N–H and O–H groups in total. The molecule has 12 heteroatoms. The molecule has 4 aromatic rings. The van der Waals surface area contributed by atoms with Crippen LogP contribution in [0.25, 0.3) is 17.1 Å². The highest BCUT2D eigenvalue weighted by Gasteiger charge is 2.28. The molecular formula is C21H18FN5O5S. The lowest BCUT2D eigenvalue weighted by atomic mass is 10.1. The van der Waals surface area contributed by atoms with Gasteiger partial charge in [0.1, 0.15) is 22.2 Å². The number of phenols is 2. The first kappa shape index (κ1) is 22.2. The molecule has 0 fully saturated rings. The van der Waals surface area contributed by atoms with E-state index in [1.165, 1.54) is 37.6 Å². The first-order valence-corrected chi connectivity index (χ1v) is 10.9. The Kier molecular flexibility index (Phi) is 5.70. The number of phenolic OH excluding ortho intramolecular Hbond substituents is 2. The molecule has 0 aliphatic rings. The second-order valence-corrected chi connectivity index (χ2v) is 9.08. The summed E-state index contributed by atoms with van der Waals surface area (Å²) in [6.45, 7) is -0.00724. The van der Waals surface area contributed by atoms with Crippen molar-refractivity contribution >= 4 is 10.0 Å². The molecule has 10 nitrogen and oxygen atoms in total. The molecule has 0 saturated heterocycles. The molecule has 4 rings (SSSR count). The van der Waals surface area contributed by atoms with E-state index in [1.807, 2.05) is 0 Å². The SMILES string of the molecule is CN(Cc1ccncc1)S(=O)(=O)c1cc(-c2nnc(O)n2-c2ccccc2F)c(O)cc1O. The van der Waals surface area contributed by atoms with E-state index in [0.717, 1.165) is 27.1 Å². The molecule has 0 aliphatic heterocycles. The Hall–Kier alpha value is -4.03. The number of nitrogens with zero attached hydrogens (tertiary/aromatic N) is 5. The summed E-state index contributed by atoms with van der Waals surface area (Å²) in [5.41, 5.74) is 0.347. The van der Waals surface area contributed by atoms with Crippen LogP contribution < -0.4 is 0 Å². The van der Waals surface area contributed by atoms with E-state index in [4.69, 9.17) is 0 Å². The monoisotopic (exact) mass is 471 g/mol. The molecular weight excluding hydrogens is 453 g/mol. The molecule has 2 aromatic carbocycles. The number of pyridine rings is 1. The zero-order chi connectivity index (χ0) is 23.8. The molecule has 0 aliphatic carbocycles. The van der Waals surface area contributed by atoms with Crippen LogP contribution in [-0.4, -0.2) is 54.8 Å². The van der Waals surface area contributed by atoms with Gasteiger partial charge in [-0.05, 0) is 35.9 Å². The molecule has 0 atom stereocenters. The Bertz CT molecular complexity index is 1430. The smallest absolute Gasteiger partial charge is 0.319 e. The van der Waals surface area contributed by atoms with E-state index < -0.39 is 38.2 Å². The van der Waals surface area contributed by atoms with Crippen molar-refractivity contribution in [2.75, 3.05) is 7.05 Å². The zero-order valence-electron chi connectivity index (χ0n) is 17.2. The largest absolute Gasteiger partial charge is 0.507 e. The molecule has 0 unspecified atom stereocenters. The summed E-state index contributed by atoms with van der Waals surface area (Å²) in [6, 6.07) is 9.90. The number of aromatic hydroxyl groups is 3. The molecule has 0 bridgehead atoms. The first-order chi connectivity index (χ1) is 15.7. The first-order valence-electron chi connectivity index (χ1n) is 9.51. The molecule has 33 heavy (non-hydrogen) atoms. The van der Waals surface area contributed by atoms with Crippen LogP contribution in [0.3, 0.4) is 0 Å². The number of rotatable bonds is 6. The van der Waals surface area contributed by atoms with Gasteiger partial charge in [0, 0.05) is 32.1 Å². The van der Waals surface area contributed by atoms with Crippen molar-refractivity contribution in [2.45, 2.75) is 11.4 Å². The fourth-order valence-electron chi connectivity index (χ4n) is 3.25. The quantitative estimate of drug-likeness (QED) is 0.389. The minimum atomic E-state index is -4.24. The Balaban J connectivity index is 1.82. The summed E-state index contributed by atoms with van der Waals surface area (Å²) in [5, 5.41) is 38.2. The number of hydrogen-bond donors (Lipinski definition) is 3. The Morgan fingerprint density at radius 2 is 1.70 bits per heavy atom. The summed E-state index contributed by atoms with van der Waals surface area (Å²) in [6.07, 6.45) is 3.04. The van der Waals surface area contributed by atoms with Crippen LogP contribution in [-0.2, 0) is 16.6 Å². The molecule has 2 aromatic heterocycles. The van der Waals surface area contributed by atoms with E-state index in [1.54, 1.807) is 12.1 Å². The van der Waals surface area contributed by atoms with E-state index in [-0.39, 0.29) is 23.6 Å². The van der Waals surface area contributed by atoms with Crippen LogP contribution in [0.4, 0.5) is 4.39 Å². The van der Waals surface area contributed by atoms with Crippen LogP contribution in [0.2, 0.25) is 0 Å². The van der Waals surface area contributed by atoms with Gasteiger partial charge >= 0.3 is 6.01 Å². The van der Waals surface area contributed by atoms with Gasteiger partial charge in [0.05, 0.1) is 11.3 Å². The Labute approximate surface area is 187 Å². The molecule has 0 saturated carbocycles. The number of benzene rings is 2. The Morgan fingerprint density at radius 3 is 2.39 bits per heavy atom. The topological polar surface area (TPSA) is 142 Å². The van der Waals surface area contributed by atoms with Gasteiger partial charge in [-0.1, -0.05) is 17.2 Å². The molecule has 170 valence electrons. The molecule has 0 radical (unpaired) electrons. The third-order valence-corrected chi connectivity index (χ3v) is 6.73. The highest BCUT2D eigenvalue weighted by molar-refractivity contribution is 7.89. The third kappa shape index (κ3) is 4.08. The lowest BCUT2D eigenvalue weighted by Crippen LogP contribution is -2.26. The van der Waals surface area contributed by atoms with Crippen molar-refractivity contribution in [1.82, 2.24) is 24.1 Å². The molecule has 0 amide bonds. The number of sulfonamides is 1. The lowest BCUT2D eigenvalue weighted by molar-refractivity contribution is 0.418. The maximum Gasteiger partial charge on any atom is 0.319 e. The van der Waals surface area contributed by atoms with Gasteiger partial charge in [-0.2, -0.15) is 4.31 Å². The molecule has 0 spiro atoms. The average Bonchev–Trinajstić information content (AvgIpc) is 3.15. The summed E-state index contributed by atoms with van der Waals surface area (Å²) < 4.78 is 42.7. The average molecular weight is 471 g/mol. The fourth-order valence-corrected chi connectivity index (χ4v) is 4.49. The summed E-state index contributed by atoms with van der Waals surface area (Å²) >= 11 is 0. The number of para-hydroxylation sites is 1. The summed E-state index contributed by atoms with van der Waals surface area (Å²) in [5.74, 6) is -2.19. The van der Waals surface area contributed by atoms with Crippen LogP contribution in [0.1, 0.15) is 5.56 Å². The normalized spacial score (nSPS) is 11.7.